The van der Waals surface area contributed by atoms with Gasteiger partial charge in [0.15, 0.2) is 0 Å². The number of methoxy groups -OCH3 is 1. The highest BCUT2D eigenvalue weighted by atomic mass is 19.1. The number of benzene rings is 2. The topological polar surface area (TPSA) is 95.2 Å². The summed E-state index contributed by atoms with van der Waals surface area (Å²) in [5, 5.41) is 6.29. The SMILES string of the molecule is COc1nn(-c2ccc(F)c(NC(C)=O)c2)c(=O)n(Cc2ccc(C)cc2)c1=O. The van der Waals surface area contributed by atoms with Gasteiger partial charge in [-0.05, 0) is 30.7 Å². The van der Waals surface area contributed by atoms with Crippen LogP contribution < -0.4 is 21.3 Å². The zero-order valence-electron chi connectivity index (χ0n) is 16.1. The molecule has 29 heavy (non-hydrogen) atoms. The van der Waals surface area contributed by atoms with Crippen molar-refractivity contribution in [2.75, 3.05) is 12.4 Å². The summed E-state index contributed by atoms with van der Waals surface area (Å²) in [7, 11) is 1.27. The number of rotatable bonds is 5. The number of hydrogen-bond acceptors (Lipinski definition) is 5. The molecular formula is C20H19FN4O4. The first-order valence-corrected chi connectivity index (χ1v) is 8.71. The number of hydrogen-bond donors (Lipinski definition) is 1. The monoisotopic (exact) mass is 398 g/mol. The summed E-state index contributed by atoms with van der Waals surface area (Å²) in [4.78, 5) is 36.8. The van der Waals surface area contributed by atoms with Gasteiger partial charge in [-0.25, -0.2) is 13.8 Å². The van der Waals surface area contributed by atoms with Crippen molar-refractivity contribution in [2.24, 2.45) is 0 Å². The van der Waals surface area contributed by atoms with E-state index in [9.17, 15) is 18.8 Å². The Hall–Kier alpha value is -3.75. The van der Waals surface area contributed by atoms with E-state index in [0.29, 0.717) is 0 Å². The average Bonchev–Trinajstić information content (AvgIpc) is 2.68. The van der Waals surface area contributed by atoms with E-state index in [1.165, 1.54) is 26.2 Å². The number of nitrogens with zero attached hydrogens (tertiary/aromatic N) is 3. The first-order chi connectivity index (χ1) is 13.8. The minimum atomic E-state index is -0.725. The molecule has 9 heteroatoms. The van der Waals surface area contributed by atoms with Crippen molar-refractivity contribution in [1.29, 1.82) is 0 Å². The predicted molar refractivity (Wildman–Crippen MR) is 105 cm³/mol. The highest BCUT2D eigenvalue weighted by molar-refractivity contribution is 5.89. The fourth-order valence-electron chi connectivity index (χ4n) is 2.74. The van der Waals surface area contributed by atoms with Crippen LogP contribution in [0.1, 0.15) is 18.1 Å². The number of carbonyl (C=O) groups is 1. The summed E-state index contributed by atoms with van der Waals surface area (Å²) in [5.74, 6) is -1.43. The molecule has 0 spiro atoms. The number of halogens is 1. The van der Waals surface area contributed by atoms with Crippen LogP contribution in [0.2, 0.25) is 0 Å². The van der Waals surface area contributed by atoms with Gasteiger partial charge in [-0.15, -0.1) is 5.10 Å². The van der Waals surface area contributed by atoms with Crippen molar-refractivity contribution in [3.05, 3.63) is 80.2 Å². The van der Waals surface area contributed by atoms with Crippen LogP contribution in [0, 0.1) is 12.7 Å². The van der Waals surface area contributed by atoms with Crippen LogP contribution >= 0.6 is 0 Å². The second kappa shape index (κ2) is 8.09. The summed E-state index contributed by atoms with van der Waals surface area (Å²) in [6.45, 7) is 3.18. The van der Waals surface area contributed by atoms with Gasteiger partial charge in [0.25, 0.3) is 5.88 Å². The molecule has 0 saturated heterocycles. The standard InChI is InChI=1S/C20H19FN4O4/c1-12-4-6-14(7-5-12)11-24-19(27)18(29-3)23-25(20(24)28)15-8-9-16(21)17(10-15)22-13(2)26/h4-10H,11H2,1-3H3,(H,22,26). The molecule has 150 valence electrons. The van der Waals surface area contributed by atoms with Gasteiger partial charge in [-0.1, -0.05) is 29.8 Å². The van der Waals surface area contributed by atoms with E-state index in [-0.39, 0.29) is 23.8 Å². The quantitative estimate of drug-likeness (QED) is 0.708. The Morgan fingerprint density at radius 1 is 1.17 bits per heavy atom. The van der Waals surface area contributed by atoms with Crippen molar-refractivity contribution in [2.45, 2.75) is 20.4 Å². The first-order valence-electron chi connectivity index (χ1n) is 8.71. The molecule has 0 aliphatic carbocycles. The fraction of sp³-hybridized carbons (Fsp3) is 0.200. The molecule has 3 aromatic rings. The molecule has 0 bridgehead atoms. The number of aromatic nitrogens is 3. The second-order valence-corrected chi connectivity index (χ2v) is 6.43. The van der Waals surface area contributed by atoms with E-state index in [0.717, 1.165) is 26.4 Å². The molecule has 0 atom stereocenters. The van der Waals surface area contributed by atoms with Crippen LogP contribution in [-0.4, -0.2) is 27.4 Å². The van der Waals surface area contributed by atoms with Crippen LogP contribution in [0.4, 0.5) is 10.1 Å². The predicted octanol–water partition coefficient (Wildman–Crippen LogP) is 1.86. The Balaban J connectivity index is 2.15. The van der Waals surface area contributed by atoms with Crippen molar-refractivity contribution < 1.29 is 13.9 Å². The summed E-state index contributed by atoms with van der Waals surface area (Å²) in [5.41, 5.74) is 0.431. The summed E-state index contributed by atoms with van der Waals surface area (Å²) in [6.07, 6.45) is 0. The van der Waals surface area contributed by atoms with Crippen LogP contribution in [-0.2, 0) is 11.3 Å². The molecule has 3 rings (SSSR count). The van der Waals surface area contributed by atoms with Gasteiger partial charge in [0, 0.05) is 6.92 Å². The highest BCUT2D eigenvalue weighted by Gasteiger charge is 2.16. The Kier molecular flexibility index (Phi) is 5.58. The zero-order valence-corrected chi connectivity index (χ0v) is 16.1. The third-order valence-corrected chi connectivity index (χ3v) is 4.19. The lowest BCUT2D eigenvalue weighted by Gasteiger charge is -2.13. The molecule has 0 fully saturated rings. The van der Waals surface area contributed by atoms with Crippen LogP contribution in [0.25, 0.3) is 5.69 Å². The van der Waals surface area contributed by atoms with Gasteiger partial charge in [-0.2, -0.15) is 4.68 Å². The van der Waals surface area contributed by atoms with E-state index in [1.807, 2.05) is 31.2 Å². The van der Waals surface area contributed by atoms with Crippen LogP contribution in [0.15, 0.2) is 52.1 Å². The van der Waals surface area contributed by atoms with Gasteiger partial charge >= 0.3 is 11.2 Å². The minimum absolute atomic E-state index is 0.0105. The Labute approximate surface area is 165 Å². The van der Waals surface area contributed by atoms with Gasteiger partial charge in [0.05, 0.1) is 25.0 Å². The number of anilines is 1. The molecule has 1 aromatic heterocycles. The third kappa shape index (κ3) is 4.23. The van der Waals surface area contributed by atoms with Crippen molar-refractivity contribution in [3.63, 3.8) is 0 Å². The Bertz CT molecular complexity index is 1180. The van der Waals surface area contributed by atoms with Crippen LogP contribution in [0.5, 0.6) is 5.88 Å². The Morgan fingerprint density at radius 3 is 2.48 bits per heavy atom. The number of aryl methyl sites for hydroxylation is 1. The zero-order chi connectivity index (χ0) is 21.1. The number of carbonyl (C=O) groups excluding carboxylic acids is 1. The number of amides is 1. The molecule has 0 unspecified atom stereocenters. The minimum Gasteiger partial charge on any atom is -0.476 e. The fourth-order valence-corrected chi connectivity index (χ4v) is 2.74. The molecule has 0 radical (unpaired) electrons. The molecular weight excluding hydrogens is 379 g/mol. The molecule has 0 aliphatic heterocycles. The molecule has 0 aliphatic rings. The second-order valence-electron chi connectivity index (χ2n) is 6.43. The lowest BCUT2D eigenvalue weighted by molar-refractivity contribution is -0.114. The van der Waals surface area contributed by atoms with E-state index in [1.54, 1.807) is 0 Å². The highest BCUT2D eigenvalue weighted by Crippen LogP contribution is 2.18. The van der Waals surface area contributed by atoms with Gasteiger partial charge in [0.1, 0.15) is 5.82 Å². The first kappa shape index (κ1) is 20.0. The average molecular weight is 398 g/mol. The number of nitrogens with one attached hydrogen (secondary N) is 1. The van der Waals surface area contributed by atoms with Crippen molar-refractivity contribution in [3.8, 4) is 11.6 Å². The maximum Gasteiger partial charge on any atom is 0.352 e. The maximum atomic E-state index is 14.0. The Morgan fingerprint density at radius 2 is 1.86 bits per heavy atom. The van der Waals surface area contributed by atoms with Gasteiger partial charge in [0.2, 0.25) is 5.91 Å². The molecule has 8 nitrogen and oxygen atoms in total. The lowest BCUT2D eigenvalue weighted by atomic mass is 10.1. The summed E-state index contributed by atoms with van der Waals surface area (Å²) in [6, 6.07) is 11.0. The van der Waals surface area contributed by atoms with Gasteiger partial charge in [-0.3, -0.25) is 9.59 Å². The normalized spacial score (nSPS) is 10.6. The molecule has 2 aromatic carbocycles. The molecule has 1 amide bonds. The third-order valence-electron chi connectivity index (χ3n) is 4.19. The van der Waals surface area contributed by atoms with Crippen LogP contribution in [0.3, 0.4) is 0 Å². The van der Waals surface area contributed by atoms with E-state index in [4.69, 9.17) is 4.74 Å². The largest absolute Gasteiger partial charge is 0.476 e. The molecule has 1 N–H and O–H groups in total. The van der Waals surface area contributed by atoms with Crippen molar-refractivity contribution in [1.82, 2.24) is 14.3 Å². The summed E-state index contributed by atoms with van der Waals surface area (Å²) >= 11 is 0. The van der Waals surface area contributed by atoms with Crippen molar-refractivity contribution >= 4 is 11.6 Å². The van der Waals surface area contributed by atoms with E-state index >= 15 is 0 Å². The van der Waals surface area contributed by atoms with E-state index in [2.05, 4.69) is 10.4 Å². The molecule has 1 heterocycles. The van der Waals surface area contributed by atoms with Gasteiger partial charge < -0.3 is 10.1 Å². The molecule has 0 saturated carbocycles. The lowest BCUT2D eigenvalue weighted by Crippen LogP contribution is -2.41. The van der Waals surface area contributed by atoms with E-state index < -0.39 is 23.0 Å². The maximum absolute atomic E-state index is 14.0. The smallest absolute Gasteiger partial charge is 0.352 e. The summed E-state index contributed by atoms with van der Waals surface area (Å²) < 4.78 is 20.9. The number of ether oxygens (including phenoxy) is 1.